The molecule has 2 amide bonds. The number of carbonyl (C=O) groups is 2. The molecule has 6 heteroatoms. The van der Waals surface area contributed by atoms with Gasteiger partial charge >= 0.3 is 0 Å². The van der Waals surface area contributed by atoms with Gasteiger partial charge in [-0.3, -0.25) is 9.59 Å². The van der Waals surface area contributed by atoms with Crippen LogP contribution >= 0.6 is 11.6 Å². The van der Waals surface area contributed by atoms with E-state index in [1.54, 1.807) is 37.3 Å². The number of hydrogen-bond acceptors (Lipinski definition) is 3. The van der Waals surface area contributed by atoms with Gasteiger partial charge in [0.25, 0.3) is 5.91 Å². The number of halogens is 1. The second-order valence-electron chi connectivity index (χ2n) is 5.15. The highest BCUT2D eigenvalue weighted by Gasteiger charge is 2.37. The van der Waals surface area contributed by atoms with Crippen molar-refractivity contribution in [2.75, 3.05) is 13.1 Å². The number of carbonyl (C=O) groups excluding carboxylic acids is 2. The van der Waals surface area contributed by atoms with Gasteiger partial charge in [-0.05, 0) is 19.1 Å². The van der Waals surface area contributed by atoms with Crippen molar-refractivity contribution in [2.45, 2.75) is 13.0 Å². The third kappa shape index (κ3) is 2.48. The maximum Gasteiger partial charge on any atom is 0.290 e. The van der Waals surface area contributed by atoms with Gasteiger partial charge in [-0.25, -0.2) is 0 Å². The molecule has 0 spiro atoms. The third-order valence-electron chi connectivity index (χ3n) is 3.73. The molecule has 1 fully saturated rings. The van der Waals surface area contributed by atoms with E-state index < -0.39 is 6.04 Å². The number of rotatable bonds is 2. The fourth-order valence-corrected chi connectivity index (χ4v) is 2.85. The molecule has 1 aliphatic heterocycles. The molecule has 1 atom stereocenters. The van der Waals surface area contributed by atoms with E-state index in [1.807, 2.05) is 0 Å². The second-order valence-corrected chi connectivity index (χ2v) is 5.55. The number of piperazine rings is 1. The topological polar surface area (TPSA) is 62.6 Å². The summed E-state index contributed by atoms with van der Waals surface area (Å²) in [6, 6.07) is 8.02. The number of furan rings is 1. The summed E-state index contributed by atoms with van der Waals surface area (Å²) in [6.45, 7) is 2.61. The minimum Gasteiger partial charge on any atom is -0.459 e. The Kier molecular flexibility index (Phi) is 3.90. The van der Waals surface area contributed by atoms with Crippen LogP contribution in [0.4, 0.5) is 0 Å². The van der Waals surface area contributed by atoms with Crippen LogP contribution in [0.1, 0.15) is 27.7 Å². The zero-order valence-electron chi connectivity index (χ0n) is 12.0. The van der Waals surface area contributed by atoms with Gasteiger partial charge in [-0.1, -0.05) is 29.8 Å². The first-order valence-electron chi connectivity index (χ1n) is 6.97. The molecule has 5 nitrogen and oxygen atoms in total. The van der Waals surface area contributed by atoms with E-state index in [4.69, 9.17) is 16.0 Å². The molecule has 3 rings (SSSR count). The van der Waals surface area contributed by atoms with Crippen LogP contribution in [0.25, 0.3) is 0 Å². The Bertz CT molecular complexity index is 726. The number of nitrogens with zero attached hydrogens (tertiary/aromatic N) is 1. The number of hydrogen-bond donors (Lipinski definition) is 1. The zero-order valence-corrected chi connectivity index (χ0v) is 12.8. The summed E-state index contributed by atoms with van der Waals surface area (Å²) >= 11 is 6.21. The van der Waals surface area contributed by atoms with Crippen molar-refractivity contribution < 1.29 is 14.0 Å². The second kappa shape index (κ2) is 5.85. The molecule has 2 heterocycles. The highest BCUT2D eigenvalue weighted by Crippen LogP contribution is 2.30. The Balaban J connectivity index is 2.01. The van der Waals surface area contributed by atoms with Crippen LogP contribution in [0.15, 0.2) is 41.0 Å². The highest BCUT2D eigenvalue weighted by atomic mass is 35.5. The lowest BCUT2D eigenvalue weighted by Gasteiger charge is -2.35. The summed E-state index contributed by atoms with van der Waals surface area (Å²) in [5.74, 6) is -0.286. The van der Waals surface area contributed by atoms with Gasteiger partial charge in [-0.15, -0.1) is 0 Å². The van der Waals surface area contributed by atoms with Gasteiger partial charge in [0.15, 0.2) is 5.76 Å². The summed E-state index contributed by atoms with van der Waals surface area (Å²) < 4.78 is 5.27. The third-order valence-corrected chi connectivity index (χ3v) is 4.07. The van der Waals surface area contributed by atoms with Crippen LogP contribution in [0.5, 0.6) is 0 Å². The Morgan fingerprint density at radius 1 is 1.36 bits per heavy atom. The fraction of sp³-hybridized carbons (Fsp3) is 0.250. The number of aryl methyl sites for hydroxylation is 1. The summed E-state index contributed by atoms with van der Waals surface area (Å²) in [5, 5.41) is 3.24. The monoisotopic (exact) mass is 318 g/mol. The Labute approximate surface area is 132 Å². The van der Waals surface area contributed by atoms with E-state index in [0.29, 0.717) is 23.7 Å². The van der Waals surface area contributed by atoms with E-state index in [1.165, 1.54) is 11.2 Å². The van der Waals surface area contributed by atoms with Crippen LogP contribution < -0.4 is 5.32 Å². The maximum absolute atomic E-state index is 12.7. The van der Waals surface area contributed by atoms with Crippen LogP contribution in [-0.4, -0.2) is 29.8 Å². The molecule has 1 saturated heterocycles. The Morgan fingerprint density at radius 2 is 2.14 bits per heavy atom. The molecule has 0 radical (unpaired) electrons. The van der Waals surface area contributed by atoms with Crippen molar-refractivity contribution >= 4 is 23.4 Å². The van der Waals surface area contributed by atoms with Crippen LogP contribution in [0, 0.1) is 6.92 Å². The summed E-state index contributed by atoms with van der Waals surface area (Å²) in [6.07, 6.45) is 1.47. The Hall–Kier alpha value is -2.27. The first-order valence-corrected chi connectivity index (χ1v) is 7.34. The molecule has 22 heavy (non-hydrogen) atoms. The molecule has 1 aromatic heterocycles. The molecule has 0 bridgehead atoms. The number of benzene rings is 1. The summed E-state index contributed by atoms with van der Waals surface area (Å²) in [5.41, 5.74) is 1.35. The zero-order chi connectivity index (χ0) is 15.7. The van der Waals surface area contributed by atoms with Crippen molar-refractivity contribution in [2.24, 2.45) is 0 Å². The lowest BCUT2D eigenvalue weighted by molar-refractivity contribution is -0.128. The first kappa shape index (κ1) is 14.7. The van der Waals surface area contributed by atoms with E-state index in [9.17, 15) is 9.59 Å². The molecule has 0 aliphatic carbocycles. The van der Waals surface area contributed by atoms with E-state index >= 15 is 0 Å². The molecule has 1 N–H and O–H groups in total. The van der Waals surface area contributed by atoms with Gasteiger partial charge in [0, 0.05) is 29.2 Å². The summed E-state index contributed by atoms with van der Waals surface area (Å²) in [4.78, 5) is 26.6. The van der Waals surface area contributed by atoms with Gasteiger partial charge < -0.3 is 14.6 Å². The van der Waals surface area contributed by atoms with Crippen molar-refractivity contribution in [1.82, 2.24) is 10.2 Å². The standard InChI is InChI=1S/C16H15ClN2O3/c1-10-6-9-22-14(10)16(21)19-8-7-18-15(20)13(19)11-4-2-3-5-12(11)17/h2-6,9,13H,7-8H2,1H3,(H,18,20)/t13-/m0/s1. The molecule has 114 valence electrons. The van der Waals surface area contributed by atoms with Crippen LogP contribution in [-0.2, 0) is 4.79 Å². The van der Waals surface area contributed by atoms with Crippen LogP contribution in [0.2, 0.25) is 5.02 Å². The first-order chi connectivity index (χ1) is 10.6. The van der Waals surface area contributed by atoms with E-state index in [-0.39, 0.29) is 17.6 Å². The van der Waals surface area contributed by atoms with E-state index in [0.717, 1.165) is 5.56 Å². The largest absolute Gasteiger partial charge is 0.459 e. The van der Waals surface area contributed by atoms with Crippen molar-refractivity contribution in [3.05, 3.63) is 58.5 Å². The molecule has 2 aromatic rings. The fourth-order valence-electron chi connectivity index (χ4n) is 2.61. The minimum atomic E-state index is -0.751. The lowest BCUT2D eigenvalue weighted by Crippen LogP contribution is -2.52. The smallest absolute Gasteiger partial charge is 0.290 e. The molecular weight excluding hydrogens is 304 g/mol. The lowest BCUT2D eigenvalue weighted by atomic mass is 10.0. The maximum atomic E-state index is 12.7. The van der Waals surface area contributed by atoms with Gasteiger partial charge in [-0.2, -0.15) is 0 Å². The average Bonchev–Trinajstić information content (AvgIpc) is 2.93. The van der Waals surface area contributed by atoms with Gasteiger partial charge in [0.2, 0.25) is 5.91 Å². The van der Waals surface area contributed by atoms with Gasteiger partial charge in [0.1, 0.15) is 6.04 Å². The van der Waals surface area contributed by atoms with Crippen molar-refractivity contribution in [1.29, 1.82) is 0 Å². The number of nitrogens with one attached hydrogen (secondary N) is 1. The van der Waals surface area contributed by atoms with E-state index in [2.05, 4.69) is 5.32 Å². The van der Waals surface area contributed by atoms with Gasteiger partial charge in [0.05, 0.1) is 6.26 Å². The Morgan fingerprint density at radius 3 is 2.82 bits per heavy atom. The minimum absolute atomic E-state index is 0.239. The SMILES string of the molecule is Cc1ccoc1C(=O)N1CCNC(=O)[C@@H]1c1ccccc1Cl. The highest BCUT2D eigenvalue weighted by molar-refractivity contribution is 6.31. The molecule has 1 aliphatic rings. The number of amides is 2. The molecule has 0 unspecified atom stereocenters. The average molecular weight is 319 g/mol. The van der Waals surface area contributed by atoms with Crippen molar-refractivity contribution in [3.8, 4) is 0 Å². The molecule has 0 saturated carbocycles. The quantitative estimate of drug-likeness (QED) is 0.925. The molecule has 1 aromatic carbocycles. The van der Waals surface area contributed by atoms with Crippen molar-refractivity contribution in [3.63, 3.8) is 0 Å². The predicted octanol–water partition coefficient (Wildman–Crippen LogP) is 2.55. The summed E-state index contributed by atoms with van der Waals surface area (Å²) in [7, 11) is 0. The normalized spacial score (nSPS) is 18.2. The van der Waals surface area contributed by atoms with Crippen LogP contribution in [0.3, 0.4) is 0 Å². The predicted molar refractivity (Wildman–Crippen MR) is 81.7 cm³/mol. The molecular formula is C16H15ClN2O3.